The van der Waals surface area contributed by atoms with Crippen LogP contribution in [0.2, 0.25) is 0 Å². The highest BCUT2D eigenvalue weighted by Crippen LogP contribution is 2.46. The third kappa shape index (κ3) is 3.29. The van der Waals surface area contributed by atoms with Crippen molar-refractivity contribution in [2.45, 2.75) is 58.4 Å². The molecular formula is C16H27N3O. The molecule has 1 saturated carbocycles. The van der Waals surface area contributed by atoms with Gasteiger partial charge in [0.15, 0.2) is 0 Å². The molecule has 1 aromatic heterocycles. The molecule has 1 aliphatic rings. The summed E-state index contributed by atoms with van der Waals surface area (Å²) in [7, 11) is 1.67. The van der Waals surface area contributed by atoms with Gasteiger partial charge in [0.25, 0.3) is 0 Å². The summed E-state index contributed by atoms with van der Waals surface area (Å²) in [5.41, 5.74) is 1.21. The Balaban J connectivity index is 2.30. The van der Waals surface area contributed by atoms with Gasteiger partial charge in [0, 0.05) is 12.4 Å². The van der Waals surface area contributed by atoms with Crippen LogP contribution in [0.1, 0.15) is 64.1 Å². The summed E-state index contributed by atoms with van der Waals surface area (Å²) in [6.07, 6.45) is 11.0. The van der Waals surface area contributed by atoms with Crippen molar-refractivity contribution < 1.29 is 4.74 Å². The highest BCUT2D eigenvalue weighted by atomic mass is 16.5. The molecule has 1 fully saturated rings. The van der Waals surface area contributed by atoms with E-state index in [1.54, 1.807) is 19.5 Å². The molecule has 1 atom stereocenters. The number of nitrogens with one attached hydrogen (secondary N) is 1. The van der Waals surface area contributed by atoms with E-state index < -0.39 is 0 Å². The molecule has 112 valence electrons. The van der Waals surface area contributed by atoms with E-state index in [0.717, 1.165) is 18.7 Å². The normalized spacial score (nSPS) is 19.6. The van der Waals surface area contributed by atoms with Crippen LogP contribution in [0.5, 0.6) is 5.88 Å². The molecule has 0 amide bonds. The third-order valence-corrected chi connectivity index (χ3v) is 4.45. The zero-order valence-electron chi connectivity index (χ0n) is 13.0. The van der Waals surface area contributed by atoms with Gasteiger partial charge in [-0.15, -0.1) is 0 Å². The minimum atomic E-state index is 0.228. The van der Waals surface area contributed by atoms with Gasteiger partial charge < -0.3 is 10.1 Å². The van der Waals surface area contributed by atoms with E-state index in [2.05, 4.69) is 29.1 Å². The first-order valence-corrected chi connectivity index (χ1v) is 7.79. The van der Waals surface area contributed by atoms with Gasteiger partial charge in [-0.25, -0.2) is 4.98 Å². The highest BCUT2D eigenvalue weighted by Gasteiger charge is 2.38. The summed E-state index contributed by atoms with van der Waals surface area (Å²) in [6, 6.07) is 0.228. The van der Waals surface area contributed by atoms with Crippen molar-refractivity contribution in [3.05, 3.63) is 18.1 Å². The second kappa shape index (κ2) is 7.02. The van der Waals surface area contributed by atoms with Crippen molar-refractivity contribution in [3.8, 4) is 5.88 Å². The molecule has 4 heteroatoms. The van der Waals surface area contributed by atoms with E-state index in [1.165, 1.54) is 32.1 Å². The lowest BCUT2D eigenvalue weighted by atomic mass is 9.69. The molecule has 4 nitrogen and oxygen atoms in total. The average Bonchev–Trinajstić information content (AvgIpc) is 2.48. The van der Waals surface area contributed by atoms with Crippen molar-refractivity contribution in [2.24, 2.45) is 5.41 Å². The zero-order chi connectivity index (χ0) is 14.4. The lowest BCUT2D eigenvalue weighted by Gasteiger charge is -2.41. The van der Waals surface area contributed by atoms with Gasteiger partial charge in [-0.1, -0.05) is 33.1 Å². The Hall–Kier alpha value is -1.16. The van der Waals surface area contributed by atoms with Crippen molar-refractivity contribution >= 4 is 0 Å². The Morgan fingerprint density at radius 2 is 1.95 bits per heavy atom. The predicted molar refractivity (Wildman–Crippen MR) is 80.8 cm³/mol. The number of methoxy groups -OCH3 is 1. The lowest BCUT2D eigenvalue weighted by molar-refractivity contribution is 0.139. The lowest BCUT2D eigenvalue weighted by Crippen LogP contribution is -2.39. The van der Waals surface area contributed by atoms with Crippen molar-refractivity contribution in [2.75, 3.05) is 13.7 Å². The van der Waals surface area contributed by atoms with Gasteiger partial charge >= 0.3 is 0 Å². The molecular weight excluding hydrogens is 250 g/mol. The van der Waals surface area contributed by atoms with Gasteiger partial charge in [-0.3, -0.25) is 4.98 Å². The van der Waals surface area contributed by atoms with Crippen LogP contribution in [-0.4, -0.2) is 23.6 Å². The predicted octanol–water partition coefficient (Wildman–Crippen LogP) is 3.50. The fourth-order valence-corrected chi connectivity index (χ4v) is 3.30. The van der Waals surface area contributed by atoms with Crippen LogP contribution in [0, 0.1) is 5.41 Å². The first-order chi connectivity index (χ1) is 9.71. The molecule has 0 aromatic carbocycles. The topological polar surface area (TPSA) is 47.0 Å². The van der Waals surface area contributed by atoms with E-state index in [1.807, 2.05) is 0 Å². The van der Waals surface area contributed by atoms with Crippen LogP contribution in [0.25, 0.3) is 0 Å². The Kier molecular flexibility index (Phi) is 5.35. The molecule has 2 rings (SSSR count). The Bertz CT molecular complexity index is 416. The number of rotatable bonds is 6. The molecule has 0 saturated heterocycles. The largest absolute Gasteiger partial charge is 0.480 e. The van der Waals surface area contributed by atoms with E-state index in [-0.39, 0.29) is 11.5 Å². The summed E-state index contributed by atoms with van der Waals surface area (Å²) >= 11 is 0. The number of nitrogens with zero attached hydrogens (tertiary/aromatic N) is 2. The zero-order valence-corrected chi connectivity index (χ0v) is 13.0. The van der Waals surface area contributed by atoms with Gasteiger partial charge in [0.1, 0.15) is 5.69 Å². The summed E-state index contributed by atoms with van der Waals surface area (Å²) < 4.78 is 5.43. The average molecular weight is 277 g/mol. The van der Waals surface area contributed by atoms with Crippen LogP contribution < -0.4 is 10.1 Å². The second-order valence-corrected chi connectivity index (χ2v) is 6.05. The smallest absolute Gasteiger partial charge is 0.237 e. The van der Waals surface area contributed by atoms with Crippen LogP contribution in [0.3, 0.4) is 0 Å². The molecule has 0 aliphatic heterocycles. The summed E-state index contributed by atoms with van der Waals surface area (Å²) in [6.45, 7) is 5.58. The van der Waals surface area contributed by atoms with Gasteiger partial charge in [0.2, 0.25) is 5.88 Å². The molecule has 20 heavy (non-hydrogen) atoms. The fraction of sp³-hybridized carbons (Fsp3) is 0.750. The van der Waals surface area contributed by atoms with E-state index in [9.17, 15) is 0 Å². The maximum absolute atomic E-state index is 5.43. The molecule has 1 N–H and O–H groups in total. The maximum atomic E-state index is 5.43. The van der Waals surface area contributed by atoms with E-state index >= 15 is 0 Å². The summed E-state index contributed by atoms with van der Waals surface area (Å²) in [5, 5.41) is 3.69. The number of hydrogen-bond donors (Lipinski definition) is 1. The van der Waals surface area contributed by atoms with Crippen LogP contribution in [0.4, 0.5) is 0 Å². The summed E-state index contributed by atoms with van der Waals surface area (Å²) in [4.78, 5) is 8.90. The Labute approximate surface area is 122 Å². The van der Waals surface area contributed by atoms with Crippen LogP contribution >= 0.6 is 0 Å². The third-order valence-electron chi connectivity index (χ3n) is 4.45. The minimum absolute atomic E-state index is 0.228. The van der Waals surface area contributed by atoms with E-state index in [4.69, 9.17) is 4.74 Å². The molecule has 0 spiro atoms. The SMILES string of the molecule is CCCNC(c1nccnc1OC)C1(C)CCCCC1. The Morgan fingerprint density at radius 1 is 1.25 bits per heavy atom. The van der Waals surface area contributed by atoms with Gasteiger partial charge in [-0.2, -0.15) is 0 Å². The quantitative estimate of drug-likeness (QED) is 0.864. The second-order valence-electron chi connectivity index (χ2n) is 6.05. The standard InChI is InChI=1S/C16H27N3O/c1-4-10-18-14(16(2)8-6-5-7-9-16)13-15(20-3)19-12-11-17-13/h11-12,14,18H,4-10H2,1-3H3. The first kappa shape index (κ1) is 15.2. The molecule has 0 radical (unpaired) electrons. The number of aromatic nitrogens is 2. The number of ether oxygens (including phenoxy) is 1. The summed E-state index contributed by atoms with van der Waals surface area (Å²) in [5.74, 6) is 0.660. The fourth-order valence-electron chi connectivity index (χ4n) is 3.30. The van der Waals surface area contributed by atoms with Crippen LogP contribution in [0.15, 0.2) is 12.4 Å². The van der Waals surface area contributed by atoms with Crippen molar-refractivity contribution in [1.29, 1.82) is 0 Å². The molecule has 1 unspecified atom stereocenters. The minimum Gasteiger partial charge on any atom is -0.480 e. The van der Waals surface area contributed by atoms with Crippen molar-refractivity contribution in [3.63, 3.8) is 0 Å². The van der Waals surface area contributed by atoms with Crippen LogP contribution in [-0.2, 0) is 0 Å². The molecule has 1 heterocycles. The van der Waals surface area contributed by atoms with E-state index in [0.29, 0.717) is 5.88 Å². The number of hydrogen-bond acceptors (Lipinski definition) is 4. The maximum Gasteiger partial charge on any atom is 0.237 e. The highest BCUT2D eigenvalue weighted by molar-refractivity contribution is 5.23. The van der Waals surface area contributed by atoms with Gasteiger partial charge in [0.05, 0.1) is 13.2 Å². The Morgan fingerprint density at radius 3 is 2.60 bits per heavy atom. The van der Waals surface area contributed by atoms with Crippen molar-refractivity contribution in [1.82, 2.24) is 15.3 Å². The monoisotopic (exact) mass is 277 g/mol. The molecule has 0 bridgehead atoms. The molecule has 1 aromatic rings. The van der Waals surface area contributed by atoms with Gasteiger partial charge in [-0.05, 0) is 31.2 Å². The molecule has 1 aliphatic carbocycles. The first-order valence-electron chi connectivity index (χ1n) is 7.79.